The molecule has 3 aromatic carbocycles. The fourth-order valence-electron chi connectivity index (χ4n) is 3.96. The summed E-state index contributed by atoms with van der Waals surface area (Å²) in [5, 5.41) is 0. The lowest BCUT2D eigenvalue weighted by Gasteiger charge is -2.38. The second kappa shape index (κ2) is 11.6. The normalized spacial score (nSPS) is 11.3. The van der Waals surface area contributed by atoms with Gasteiger partial charge in [0.1, 0.15) is 11.3 Å². The lowest BCUT2D eigenvalue weighted by Crippen LogP contribution is -2.46. The zero-order chi connectivity index (χ0) is 24.6. The van der Waals surface area contributed by atoms with Gasteiger partial charge in [-0.25, -0.2) is 4.79 Å². The zero-order valence-electron chi connectivity index (χ0n) is 20.4. The van der Waals surface area contributed by atoms with Crippen LogP contribution in [0.15, 0.2) is 78.9 Å². The zero-order valence-corrected chi connectivity index (χ0v) is 20.4. The van der Waals surface area contributed by atoms with E-state index in [1.165, 1.54) is 19.8 Å². The molecule has 0 heterocycles. The molecule has 34 heavy (non-hydrogen) atoms. The van der Waals surface area contributed by atoms with Gasteiger partial charge in [0, 0.05) is 17.6 Å². The van der Waals surface area contributed by atoms with Crippen molar-refractivity contribution >= 4 is 11.8 Å². The second-order valence-electron chi connectivity index (χ2n) is 8.97. The molecule has 3 aromatic rings. The predicted octanol–water partition coefficient (Wildman–Crippen LogP) is 5.58. The maximum atomic E-state index is 13.4. The van der Waals surface area contributed by atoms with Crippen molar-refractivity contribution in [3.05, 3.63) is 101 Å². The van der Waals surface area contributed by atoms with Gasteiger partial charge >= 0.3 is 5.97 Å². The molecule has 0 N–H and O–H groups in total. The average Bonchev–Trinajstić information content (AvgIpc) is 2.87. The van der Waals surface area contributed by atoms with E-state index in [0.717, 1.165) is 18.4 Å². The molecule has 0 aliphatic heterocycles. The molecule has 0 saturated carbocycles. The number of hydrogen-bond donors (Lipinski definition) is 0. The van der Waals surface area contributed by atoms with Crippen molar-refractivity contribution in [3.8, 4) is 5.75 Å². The van der Waals surface area contributed by atoms with Crippen LogP contribution in [0.2, 0.25) is 0 Å². The summed E-state index contributed by atoms with van der Waals surface area (Å²) >= 11 is 0. The van der Waals surface area contributed by atoms with E-state index in [2.05, 4.69) is 55.1 Å². The van der Waals surface area contributed by atoms with E-state index in [1.807, 2.05) is 24.3 Å². The topological polar surface area (TPSA) is 55.8 Å². The second-order valence-corrected chi connectivity index (χ2v) is 8.97. The standard InChI is InChI=1S/C29H33NO4/c1-29(2,18-17-22-11-7-5-8-12-22)30(20-23-13-9-6-10-14-23)21-26(31)24-15-16-27(33-3)25(19-24)28(32)34-4/h5-16,19H,17-18,20-21H2,1-4H3. The first kappa shape index (κ1) is 25.2. The van der Waals surface area contributed by atoms with Crippen molar-refractivity contribution in [1.82, 2.24) is 4.90 Å². The van der Waals surface area contributed by atoms with Crippen molar-refractivity contribution in [2.75, 3.05) is 20.8 Å². The van der Waals surface area contributed by atoms with E-state index in [0.29, 0.717) is 17.9 Å². The molecule has 0 aromatic heterocycles. The van der Waals surface area contributed by atoms with Crippen molar-refractivity contribution in [1.29, 1.82) is 0 Å². The molecular weight excluding hydrogens is 426 g/mol. The minimum Gasteiger partial charge on any atom is -0.496 e. The van der Waals surface area contributed by atoms with Crippen molar-refractivity contribution in [2.45, 2.75) is 38.8 Å². The maximum absolute atomic E-state index is 13.4. The minimum absolute atomic E-state index is 0.0588. The van der Waals surface area contributed by atoms with Gasteiger partial charge < -0.3 is 9.47 Å². The van der Waals surface area contributed by atoms with E-state index in [1.54, 1.807) is 18.2 Å². The Balaban J connectivity index is 1.84. The van der Waals surface area contributed by atoms with Gasteiger partial charge in [0.05, 0.1) is 20.8 Å². The van der Waals surface area contributed by atoms with Gasteiger partial charge in [0.2, 0.25) is 0 Å². The number of rotatable bonds is 11. The van der Waals surface area contributed by atoms with Crippen LogP contribution in [-0.4, -0.2) is 43.0 Å². The molecule has 0 saturated heterocycles. The lowest BCUT2D eigenvalue weighted by atomic mass is 9.92. The third-order valence-electron chi connectivity index (χ3n) is 6.20. The first-order valence-electron chi connectivity index (χ1n) is 11.5. The Kier molecular flexibility index (Phi) is 8.61. The Labute approximate surface area is 202 Å². The number of aryl methyl sites for hydroxylation is 1. The fourth-order valence-corrected chi connectivity index (χ4v) is 3.96. The highest BCUT2D eigenvalue weighted by Crippen LogP contribution is 2.26. The van der Waals surface area contributed by atoms with Crippen molar-refractivity contribution in [2.24, 2.45) is 0 Å². The minimum atomic E-state index is -0.532. The Hall–Kier alpha value is -3.44. The molecule has 0 spiro atoms. The highest BCUT2D eigenvalue weighted by molar-refractivity contribution is 6.01. The SMILES string of the molecule is COC(=O)c1cc(C(=O)CN(Cc2ccccc2)C(C)(C)CCc2ccccc2)ccc1OC. The van der Waals surface area contributed by atoms with Crippen LogP contribution in [0.1, 0.15) is 52.1 Å². The van der Waals surface area contributed by atoms with E-state index in [-0.39, 0.29) is 23.4 Å². The summed E-state index contributed by atoms with van der Waals surface area (Å²) in [5.41, 5.74) is 2.89. The smallest absolute Gasteiger partial charge is 0.341 e. The summed E-state index contributed by atoms with van der Waals surface area (Å²) in [4.78, 5) is 27.8. The third kappa shape index (κ3) is 6.55. The van der Waals surface area contributed by atoms with Crippen LogP contribution in [0.5, 0.6) is 5.75 Å². The van der Waals surface area contributed by atoms with E-state index in [4.69, 9.17) is 9.47 Å². The number of methoxy groups -OCH3 is 2. The van der Waals surface area contributed by atoms with Crippen LogP contribution < -0.4 is 4.74 Å². The van der Waals surface area contributed by atoms with Gasteiger partial charge in [-0.1, -0.05) is 60.7 Å². The average molecular weight is 460 g/mol. The van der Waals surface area contributed by atoms with Crippen molar-refractivity contribution in [3.63, 3.8) is 0 Å². The number of ketones is 1. The van der Waals surface area contributed by atoms with Crippen LogP contribution in [0.25, 0.3) is 0 Å². The summed E-state index contributed by atoms with van der Waals surface area (Å²) in [7, 11) is 2.80. The number of carbonyl (C=O) groups is 2. The monoisotopic (exact) mass is 459 g/mol. The van der Waals surface area contributed by atoms with Crippen LogP contribution in [0.4, 0.5) is 0 Å². The summed E-state index contributed by atoms with van der Waals surface area (Å²) in [6.07, 6.45) is 1.81. The number of carbonyl (C=O) groups excluding carboxylic acids is 2. The molecule has 0 unspecified atom stereocenters. The molecule has 0 aliphatic carbocycles. The number of hydrogen-bond acceptors (Lipinski definition) is 5. The first-order valence-corrected chi connectivity index (χ1v) is 11.5. The number of benzene rings is 3. The molecule has 178 valence electrons. The Bertz CT molecular complexity index is 1090. The molecule has 0 aliphatic rings. The molecule has 0 fully saturated rings. The predicted molar refractivity (Wildman–Crippen MR) is 134 cm³/mol. The summed E-state index contributed by atoms with van der Waals surface area (Å²) < 4.78 is 10.1. The van der Waals surface area contributed by atoms with Gasteiger partial charge in [0.25, 0.3) is 0 Å². The lowest BCUT2D eigenvalue weighted by molar-refractivity contribution is 0.0597. The van der Waals surface area contributed by atoms with Gasteiger partial charge in [0.15, 0.2) is 5.78 Å². The van der Waals surface area contributed by atoms with E-state index >= 15 is 0 Å². The van der Waals surface area contributed by atoms with Gasteiger partial charge in [-0.3, -0.25) is 9.69 Å². The summed E-state index contributed by atoms with van der Waals surface area (Å²) in [5.74, 6) is -0.208. The molecule has 0 amide bonds. The van der Waals surface area contributed by atoms with Crippen LogP contribution in [-0.2, 0) is 17.7 Å². The van der Waals surface area contributed by atoms with Crippen LogP contribution >= 0.6 is 0 Å². The first-order chi connectivity index (χ1) is 16.3. The third-order valence-corrected chi connectivity index (χ3v) is 6.20. The molecule has 5 nitrogen and oxygen atoms in total. The summed E-state index contributed by atoms with van der Waals surface area (Å²) in [6, 6.07) is 25.5. The van der Waals surface area contributed by atoms with Gasteiger partial charge in [-0.15, -0.1) is 0 Å². The molecule has 5 heteroatoms. The largest absolute Gasteiger partial charge is 0.496 e. The Morgan fingerprint density at radius 3 is 2.06 bits per heavy atom. The fraction of sp³-hybridized carbons (Fsp3) is 0.310. The van der Waals surface area contributed by atoms with E-state index in [9.17, 15) is 9.59 Å². The Morgan fingerprint density at radius 2 is 1.47 bits per heavy atom. The molecular formula is C29H33NO4. The van der Waals surface area contributed by atoms with Crippen LogP contribution in [0.3, 0.4) is 0 Å². The van der Waals surface area contributed by atoms with Gasteiger partial charge in [-0.2, -0.15) is 0 Å². The summed E-state index contributed by atoms with van der Waals surface area (Å²) in [6.45, 7) is 5.23. The number of nitrogens with zero attached hydrogens (tertiary/aromatic N) is 1. The number of ether oxygens (including phenoxy) is 2. The Morgan fingerprint density at radius 1 is 0.853 bits per heavy atom. The molecule has 0 radical (unpaired) electrons. The number of Topliss-reactive ketones (excluding diaryl/α,β-unsaturated/α-hetero) is 1. The van der Waals surface area contributed by atoms with Crippen molar-refractivity contribution < 1.29 is 19.1 Å². The number of esters is 1. The van der Waals surface area contributed by atoms with Gasteiger partial charge in [-0.05, 0) is 56.0 Å². The van der Waals surface area contributed by atoms with Crippen LogP contribution in [0, 0.1) is 0 Å². The maximum Gasteiger partial charge on any atom is 0.341 e. The molecule has 3 rings (SSSR count). The highest BCUT2D eigenvalue weighted by atomic mass is 16.5. The highest BCUT2D eigenvalue weighted by Gasteiger charge is 2.29. The molecule has 0 bridgehead atoms. The molecule has 0 atom stereocenters. The quantitative estimate of drug-likeness (QED) is 0.277. The van der Waals surface area contributed by atoms with E-state index < -0.39 is 5.97 Å².